The molecule has 1 aromatic heterocycles. The van der Waals surface area contributed by atoms with Gasteiger partial charge in [-0.15, -0.1) is 0 Å². The minimum absolute atomic E-state index is 0.0980. The number of morpholine rings is 1. The Morgan fingerprint density at radius 1 is 1.19 bits per heavy atom. The van der Waals surface area contributed by atoms with Crippen molar-refractivity contribution >= 4 is 11.5 Å². The van der Waals surface area contributed by atoms with Crippen molar-refractivity contribution in [2.45, 2.75) is 71.0 Å². The molecule has 0 amide bonds. The average Bonchev–Trinajstić information content (AvgIpc) is 2.78. The molecule has 2 saturated heterocycles. The fourth-order valence-electron chi connectivity index (χ4n) is 5.34. The van der Waals surface area contributed by atoms with Crippen LogP contribution in [0, 0.1) is 6.92 Å². The number of anilines is 1. The molecule has 2 aromatic rings. The molecule has 0 bridgehead atoms. The van der Waals surface area contributed by atoms with Gasteiger partial charge in [0.1, 0.15) is 5.82 Å². The second-order valence-electron chi connectivity index (χ2n) is 10.6. The molecular formula is C28H39N3O. The maximum atomic E-state index is 6.70. The van der Waals surface area contributed by atoms with Gasteiger partial charge in [-0.05, 0) is 66.5 Å². The van der Waals surface area contributed by atoms with E-state index in [4.69, 9.17) is 4.74 Å². The van der Waals surface area contributed by atoms with E-state index in [9.17, 15) is 0 Å². The van der Waals surface area contributed by atoms with Crippen LogP contribution in [-0.2, 0) is 10.2 Å². The predicted octanol–water partition coefficient (Wildman–Crippen LogP) is 5.81. The summed E-state index contributed by atoms with van der Waals surface area (Å²) in [5, 5.41) is 0. The Morgan fingerprint density at radius 3 is 2.53 bits per heavy atom. The zero-order valence-electron chi connectivity index (χ0n) is 20.5. The molecule has 32 heavy (non-hydrogen) atoms. The zero-order chi connectivity index (χ0) is 22.9. The first-order chi connectivity index (χ1) is 15.2. The van der Waals surface area contributed by atoms with Crippen LogP contribution in [0.3, 0.4) is 0 Å². The number of ether oxygens (including phenoxy) is 1. The Labute approximate surface area is 194 Å². The molecule has 0 saturated carbocycles. The van der Waals surface area contributed by atoms with Crippen molar-refractivity contribution < 1.29 is 4.74 Å². The number of rotatable bonds is 4. The number of likely N-dealkylation sites (tertiary alicyclic amines) is 1. The highest BCUT2D eigenvalue weighted by Gasteiger charge is 2.43. The van der Waals surface area contributed by atoms with Gasteiger partial charge in [0.05, 0.1) is 11.7 Å². The van der Waals surface area contributed by atoms with E-state index in [1.54, 1.807) is 0 Å². The van der Waals surface area contributed by atoms with E-state index in [2.05, 4.69) is 86.3 Å². The summed E-state index contributed by atoms with van der Waals surface area (Å²) >= 11 is 0. The van der Waals surface area contributed by atoms with E-state index in [1.807, 2.05) is 12.3 Å². The molecule has 0 radical (unpaired) electrons. The van der Waals surface area contributed by atoms with E-state index >= 15 is 0 Å². The molecule has 172 valence electrons. The van der Waals surface area contributed by atoms with E-state index < -0.39 is 0 Å². The fourth-order valence-corrected chi connectivity index (χ4v) is 5.34. The van der Waals surface area contributed by atoms with Gasteiger partial charge in [-0.1, -0.05) is 52.5 Å². The largest absolute Gasteiger partial charge is 0.371 e. The third-order valence-electron chi connectivity index (χ3n) is 7.17. The number of aryl methyl sites for hydroxylation is 1. The summed E-state index contributed by atoms with van der Waals surface area (Å²) in [5.41, 5.74) is 5.18. The van der Waals surface area contributed by atoms with Crippen LogP contribution in [0.5, 0.6) is 0 Å². The van der Waals surface area contributed by atoms with Gasteiger partial charge in [0.2, 0.25) is 0 Å². The van der Waals surface area contributed by atoms with Gasteiger partial charge in [-0.25, -0.2) is 4.98 Å². The lowest BCUT2D eigenvalue weighted by atomic mass is 9.83. The molecule has 4 nitrogen and oxygen atoms in total. The molecular weight excluding hydrogens is 394 g/mol. The van der Waals surface area contributed by atoms with Gasteiger partial charge >= 0.3 is 0 Å². The van der Waals surface area contributed by atoms with Gasteiger partial charge in [-0.2, -0.15) is 0 Å². The van der Waals surface area contributed by atoms with Crippen molar-refractivity contribution in [3.05, 3.63) is 65.9 Å². The first-order valence-corrected chi connectivity index (χ1v) is 12.1. The predicted molar refractivity (Wildman–Crippen MR) is 134 cm³/mol. The molecule has 1 aromatic carbocycles. The Bertz CT molecular complexity index is 939. The molecule has 4 heteroatoms. The standard InChI is InChI=1S/C28H39N3O/c1-7-24-19-31(26-10-8-9-15-29-26)20-28(32-24)13-16-30(17-14-28)22(3)23-11-12-25(21(2)18-23)27(4,5)6/h8-12,15,18,24H,3,7,13-14,16-17,19-20H2,1-2,4-6H3. The molecule has 3 heterocycles. The number of hydrogen-bond acceptors (Lipinski definition) is 4. The zero-order valence-corrected chi connectivity index (χ0v) is 20.5. The number of benzene rings is 1. The maximum absolute atomic E-state index is 6.70. The number of piperidine rings is 1. The Balaban J connectivity index is 1.46. The lowest BCUT2D eigenvalue weighted by Gasteiger charge is -2.51. The topological polar surface area (TPSA) is 28.6 Å². The van der Waals surface area contributed by atoms with E-state index in [1.165, 1.54) is 16.7 Å². The Morgan fingerprint density at radius 2 is 1.94 bits per heavy atom. The summed E-state index contributed by atoms with van der Waals surface area (Å²) in [4.78, 5) is 9.48. The third-order valence-corrected chi connectivity index (χ3v) is 7.17. The second-order valence-corrected chi connectivity index (χ2v) is 10.6. The summed E-state index contributed by atoms with van der Waals surface area (Å²) in [6, 6.07) is 13.0. The lowest BCUT2D eigenvalue weighted by molar-refractivity contribution is -0.129. The van der Waals surface area contributed by atoms with E-state index in [0.717, 1.165) is 57.0 Å². The number of hydrogen-bond donors (Lipinski definition) is 0. The second kappa shape index (κ2) is 8.90. The van der Waals surface area contributed by atoms with Gasteiger partial charge in [-0.3, -0.25) is 0 Å². The van der Waals surface area contributed by atoms with Gasteiger partial charge in [0.15, 0.2) is 0 Å². The Kier molecular flexibility index (Phi) is 6.35. The van der Waals surface area contributed by atoms with E-state index in [-0.39, 0.29) is 17.1 Å². The van der Waals surface area contributed by atoms with Crippen LogP contribution >= 0.6 is 0 Å². The first-order valence-electron chi connectivity index (χ1n) is 12.1. The molecule has 1 atom stereocenters. The summed E-state index contributed by atoms with van der Waals surface area (Å²) < 4.78 is 6.70. The SMILES string of the molecule is C=C(c1ccc(C(C)(C)C)c(C)c1)N1CCC2(CC1)CN(c1ccccn1)CC(CC)O2. The van der Waals surface area contributed by atoms with Gasteiger partial charge < -0.3 is 14.5 Å². The number of aromatic nitrogens is 1. The first kappa shape index (κ1) is 22.8. The smallest absolute Gasteiger partial charge is 0.128 e. The highest BCUT2D eigenvalue weighted by atomic mass is 16.5. The van der Waals surface area contributed by atoms with Crippen LogP contribution in [0.4, 0.5) is 5.82 Å². The van der Waals surface area contributed by atoms with Crippen LogP contribution in [0.2, 0.25) is 0 Å². The van der Waals surface area contributed by atoms with Crippen LogP contribution in [0.1, 0.15) is 63.6 Å². The van der Waals surface area contributed by atoms with Crippen LogP contribution in [-0.4, -0.2) is 47.8 Å². The maximum Gasteiger partial charge on any atom is 0.128 e. The van der Waals surface area contributed by atoms with Gasteiger partial charge in [0.25, 0.3) is 0 Å². The van der Waals surface area contributed by atoms with Crippen molar-refractivity contribution in [2.24, 2.45) is 0 Å². The summed E-state index contributed by atoms with van der Waals surface area (Å²) in [6.45, 7) is 19.5. The molecule has 1 unspecified atom stereocenters. The summed E-state index contributed by atoms with van der Waals surface area (Å²) in [7, 11) is 0. The lowest BCUT2D eigenvalue weighted by Crippen LogP contribution is -2.59. The molecule has 2 aliphatic heterocycles. The number of nitrogens with zero attached hydrogens (tertiary/aromatic N) is 3. The molecule has 4 rings (SSSR count). The van der Waals surface area contributed by atoms with Crippen molar-refractivity contribution in [2.75, 3.05) is 31.1 Å². The van der Waals surface area contributed by atoms with Crippen molar-refractivity contribution in [3.63, 3.8) is 0 Å². The van der Waals surface area contributed by atoms with Crippen molar-refractivity contribution in [1.82, 2.24) is 9.88 Å². The summed E-state index contributed by atoms with van der Waals surface area (Å²) in [6.07, 6.45) is 5.21. The Hall–Kier alpha value is -2.33. The molecule has 0 N–H and O–H groups in total. The quantitative estimate of drug-likeness (QED) is 0.608. The minimum atomic E-state index is -0.0980. The fraction of sp³-hybridized carbons (Fsp3) is 0.536. The normalized spacial score (nSPS) is 21.1. The minimum Gasteiger partial charge on any atom is -0.371 e. The van der Waals surface area contributed by atoms with Gasteiger partial charge in [0, 0.05) is 38.1 Å². The third kappa shape index (κ3) is 4.71. The highest BCUT2D eigenvalue weighted by molar-refractivity contribution is 5.63. The number of pyridine rings is 1. The highest BCUT2D eigenvalue weighted by Crippen LogP contribution is 2.37. The summed E-state index contributed by atoms with van der Waals surface area (Å²) in [5.74, 6) is 1.06. The molecule has 2 fully saturated rings. The molecule has 1 spiro atoms. The van der Waals surface area contributed by atoms with Crippen molar-refractivity contribution in [3.8, 4) is 0 Å². The molecule has 2 aliphatic rings. The van der Waals surface area contributed by atoms with Crippen LogP contribution < -0.4 is 4.90 Å². The van der Waals surface area contributed by atoms with Crippen molar-refractivity contribution in [1.29, 1.82) is 0 Å². The van der Waals surface area contributed by atoms with Crippen LogP contribution in [0.25, 0.3) is 5.70 Å². The van der Waals surface area contributed by atoms with Crippen LogP contribution in [0.15, 0.2) is 49.2 Å². The molecule has 0 aliphatic carbocycles. The average molecular weight is 434 g/mol. The monoisotopic (exact) mass is 433 g/mol. The van der Waals surface area contributed by atoms with E-state index in [0.29, 0.717) is 0 Å².